The smallest absolute Gasteiger partial charge is 0.220 e. The molecule has 2 N–H and O–H groups in total. The quantitative estimate of drug-likeness (QED) is 0.586. The van der Waals surface area contributed by atoms with Gasteiger partial charge in [0.05, 0.1) is 0 Å². The molecule has 1 fully saturated rings. The molecule has 0 aliphatic heterocycles. The summed E-state index contributed by atoms with van der Waals surface area (Å²) in [6, 6.07) is 0. The first-order valence-corrected chi connectivity index (χ1v) is 3.55. The van der Waals surface area contributed by atoms with E-state index in [1.54, 1.807) is 0 Å². The number of hydrogen-bond donors (Lipinski definition) is 1. The summed E-state index contributed by atoms with van der Waals surface area (Å²) >= 11 is 0. The minimum atomic E-state index is -0.133. The van der Waals surface area contributed by atoms with Crippen molar-refractivity contribution in [2.45, 2.75) is 6.42 Å². The summed E-state index contributed by atoms with van der Waals surface area (Å²) in [4.78, 5) is 12.6. The molecule has 0 radical (unpaired) electrons. The Kier molecular flexibility index (Phi) is 1.94. The normalized spacial score (nSPS) is 30.7. The first kappa shape index (κ1) is 7.54. The molecule has 1 saturated carbocycles. The second-order valence-electron chi connectivity index (χ2n) is 3.27. The number of nitrogens with two attached hydrogens (primary N) is 1. The molecule has 1 aliphatic rings. The van der Waals surface area contributed by atoms with Crippen LogP contribution in [-0.4, -0.2) is 31.4 Å². The Morgan fingerprint density at radius 3 is 2.60 bits per heavy atom. The SMILES string of the molecule is CN(C)C[C@H]1C[C@@H]1C(N)=O. The van der Waals surface area contributed by atoms with Crippen LogP contribution in [0.3, 0.4) is 0 Å². The molecule has 3 nitrogen and oxygen atoms in total. The van der Waals surface area contributed by atoms with Gasteiger partial charge in [0.15, 0.2) is 0 Å². The van der Waals surface area contributed by atoms with Gasteiger partial charge in [-0.1, -0.05) is 0 Å². The van der Waals surface area contributed by atoms with Crippen LogP contribution in [0, 0.1) is 11.8 Å². The second kappa shape index (κ2) is 2.58. The maximum absolute atomic E-state index is 10.6. The molecule has 2 atom stereocenters. The molecule has 1 aliphatic carbocycles. The third-order valence-corrected chi connectivity index (χ3v) is 1.89. The number of hydrogen-bond acceptors (Lipinski definition) is 2. The van der Waals surface area contributed by atoms with Crippen LogP contribution in [0.5, 0.6) is 0 Å². The highest BCUT2D eigenvalue weighted by atomic mass is 16.1. The summed E-state index contributed by atoms with van der Waals surface area (Å²) in [5, 5.41) is 0. The second-order valence-corrected chi connectivity index (χ2v) is 3.27. The van der Waals surface area contributed by atoms with Crippen LogP contribution in [0.2, 0.25) is 0 Å². The summed E-state index contributed by atoms with van der Waals surface area (Å²) in [7, 11) is 4.02. The average Bonchev–Trinajstić information content (AvgIpc) is 2.43. The third-order valence-electron chi connectivity index (χ3n) is 1.89. The highest BCUT2D eigenvalue weighted by molar-refractivity contribution is 5.79. The maximum Gasteiger partial charge on any atom is 0.220 e. The van der Waals surface area contributed by atoms with E-state index in [9.17, 15) is 4.79 Å². The van der Waals surface area contributed by atoms with Gasteiger partial charge in [-0.3, -0.25) is 4.79 Å². The van der Waals surface area contributed by atoms with Gasteiger partial charge in [0.25, 0.3) is 0 Å². The van der Waals surface area contributed by atoms with Crippen molar-refractivity contribution in [3.05, 3.63) is 0 Å². The van der Waals surface area contributed by atoms with E-state index in [4.69, 9.17) is 5.73 Å². The van der Waals surface area contributed by atoms with E-state index in [0.717, 1.165) is 13.0 Å². The number of amides is 1. The number of rotatable bonds is 3. The predicted molar refractivity (Wildman–Crippen MR) is 39.3 cm³/mol. The van der Waals surface area contributed by atoms with Crippen molar-refractivity contribution in [3.63, 3.8) is 0 Å². The lowest BCUT2D eigenvalue weighted by Crippen LogP contribution is -2.20. The first-order chi connectivity index (χ1) is 4.61. The van der Waals surface area contributed by atoms with Crippen LogP contribution in [0.1, 0.15) is 6.42 Å². The zero-order valence-electron chi connectivity index (χ0n) is 6.50. The van der Waals surface area contributed by atoms with E-state index in [2.05, 4.69) is 4.90 Å². The lowest BCUT2D eigenvalue weighted by molar-refractivity contribution is -0.119. The van der Waals surface area contributed by atoms with E-state index in [1.165, 1.54) is 0 Å². The zero-order valence-corrected chi connectivity index (χ0v) is 6.50. The van der Waals surface area contributed by atoms with Crippen LogP contribution in [-0.2, 0) is 4.79 Å². The highest BCUT2D eigenvalue weighted by Crippen LogP contribution is 2.38. The molecular formula is C7H14N2O. The number of carbonyl (C=O) groups excluding carboxylic acids is 1. The Labute approximate surface area is 61.2 Å². The summed E-state index contributed by atoms with van der Waals surface area (Å²) < 4.78 is 0. The fourth-order valence-electron chi connectivity index (χ4n) is 1.27. The zero-order chi connectivity index (χ0) is 7.72. The lowest BCUT2D eigenvalue weighted by atomic mass is 10.3. The summed E-state index contributed by atoms with van der Waals surface area (Å²) in [5.74, 6) is 0.571. The Balaban J connectivity index is 2.20. The molecule has 0 unspecified atom stereocenters. The van der Waals surface area contributed by atoms with Crippen molar-refractivity contribution >= 4 is 5.91 Å². The molecule has 3 heteroatoms. The van der Waals surface area contributed by atoms with Crippen LogP contribution < -0.4 is 5.73 Å². The number of nitrogens with zero attached hydrogens (tertiary/aromatic N) is 1. The van der Waals surface area contributed by atoms with Gasteiger partial charge in [-0.25, -0.2) is 0 Å². The van der Waals surface area contributed by atoms with Crippen LogP contribution in [0.15, 0.2) is 0 Å². The topological polar surface area (TPSA) is 46.3 Å². The van der Waals surface area contributed by atoms with Crippen molar-refractivity contribution < 1.29 is 4.79 Å². The molecule has 0 saturated heterocycles. The van der Waals surface area contributed by atoms with Crippen molar-refractivity contribution in [2.24, 2.45) is 17.6 Å². The first-order valence-electron chi connectivity index (χ1n) is 3.55. The number of carbonyl (C=O) groups is 1. The standard InChI is InChI=1S/C7H14N2O/c1-9(2)4-5-3-6(5)7(8)10/h5-6H,3-4H2,1-2H3,(H2,8,10)/t5-,6+/m1/s1. The minimum absolute atomic E-state index is 0.133. The Hall–Kier alpha value is -0.570. The van der Waals surface area contributed by atoms with E-state index in [1.807, 2.05) is 14.1 Å². The molecule has 0 aromatic carbocycles. The molecule has 0 heterocycles. The Morgan fingerprint density at radius 1 is 1.70 bits per heavy atom. The largest absolute Gasteiger partial charge is 0.369 e. The molecule has 1 amide bonds. The van der Waals surface area contributed by atoms with Crippen molar-refractivity contribution in [1.82, 2.24) is 4.90 Å². The van der Waals surface area contributed by atoms with Gasteiger partial charge in [0, 0.05) is 12.5 Å². The number of primary amides is 1. The van der Waals surface area contributed by atoms with Gasteiger partial charge in [-0.15, -0.1) is 0 Å². The van der Waals surface area contributed by atoms with E-state index >= 15 is 0 Å². The molecule has 0 aromatic heterocycles. The Bertz CT molecular complexity index is 145. The van der Waals surface area contributed by atoms with Crippen molar-refractivity contribution in [2.75, 3.05) is 20.6 Å². The van der Waals surface area contributed by atoms with Crippen molar-refractivity contribution in [3.8, 4) is 0 Å². The molecule has 0 aromatic rings. The van der Waals surface area contributed by atoms with Gasteiger partial charge >= 0.3 is 0 Å². The van der Waals surface area contributed by atoms with E-state index in [0.29, 0.717) is 5.92 Å². The fraction of sp³-hybridized carbons (Fsp3) is 0.857. The molecule has 0 bridgehead atoms. The fourth-order valence-corrected chi connectivity index (χ4v) is 1.27. The maximum atomic E-state index is 10.6. The molecular weight excluding hydrogens is 128 g/mol. The third kappa shape index (κ3) is 1.70. The van der Waals surface area contributed by atoms with Crippen LogP contribution in [0.25, 0.3) is 0 Å². The van der Waals surface area contributed by atoms with Gasteiger partial charge in [-0.05, 0) is 26.4 Å². The molecule has 0 spiro atoms. The predicted octanol–water partition coefficient (Wildman–Crippen LogP) is -0.331. The minimum Gasteiger partial charge on any atom is -0.369 e. The monoisotopic (exact) mass is 142 g/mol. The van der Waals surface area contributed by atoms with Crippen LogP contribution >= 0.6 is 0 Å². The summed E-state index contributed by atoms with van der Waals surface area (Å²) in [5.41, 5.74) is 5.11. The Morgan fingerprint density at radius 2 is 2.30 bits per heavy atom. The van der Waals surface area contributed by atoms with Gasteiger partial charge in [0.2, 0.25) is 5.91 Å². The molecule has 1 rings (SSSR count). The lowest BCUT2D eigenvalue weighted by Gasteiger charge is -2.06. The van der Waals surface area contributed by atoms with Crippen LogP contribution in [0.4, 0.5) is 0 Å². The summed E-state index contributed by atoms with van der Waals surface area (Å²) in [6.45, 7) is 0.994. The van der Waals surface area contributed by atoms with Crippen molar-refractivity contribution in [1.29, 1.82) is 0 Å². The van der Waals surface area contributed by atoms with E-state index in [-0.39, 0.29) is 11.8 Å². The highest BCUT2D eigenvalue weighted by Gasteiger charge is 2.41. The van der Waals surface area contributed by atoms with Gasteiger partial charge in [0.1, 0.15) is 0 Å². The van der Waals surface area contributed by atoms with E-state index < -0.39 is 0 Å². The van der Waals surface area contributed by atoms with Gasteiger partial charge in [-0.2, -0.15) is 0 Å². The summed E-state index contributed by atoms with van der Waals surface area (Å²) in [6.07, 6.45) is 0.994. The van der Waals surface area contributed by atoms with Gasteiger partial charge < -0.3 is 10.6 Å². The molecule has 10 heavy (non-hydrogen) atoms. The average molecular weight is 142 g/mol. The molecule has 58 valence electrons.